The van der Waals surface area contributed by atoms with Gasteiger partial charge in [-0.25, -0.2) is 0 Å². The van der Waals surface area contributed by atoms with E-state index in [2.05, 4.69) is 19.2 Å². The van der Waals surface area contributed by atoms with Crippen LogP contribution < -0.4 is 11.1 Å². The van der Waals surface area contributed by atoms with Crippen LogP contribution in [0.4, 0.5) is 0 Å². The Hall–Kier alpha value is -0.870. The van der Waals surface area contributed by atoms with Crippen molar-refractivity contribution in [1.29, 1.82) is 0 Å². The standard InChI is InChI=1S/C26H44N2O2/c1-25-14-7-6-9-19(25)16-22(29)24-20-12-11-18(26(20,2)15-13-21(24)25)8-4-3-5-10-23(30)28-17-27/h5,10,18-22,24,29H,3-4,6-9,11-17,27H2,1-2H3,(H,28,30)/b10-5+. The highest BCUT2D eigenvalue weighted by molar-refractivity contribution is 5.87. The first-order valence-electron chi connectivity index (χ1n) is 12.7. The van der Waals surface area contributed by atoms with Crippen molar-refractivity contribution >= 4 is 5.91 Å². The maximum Gasteiger partial charge on any atom is 0.244 e. The van der Waals surface area contributed by atoms with Crippen LogP contribution in [0.1, 0.15) is 90.9 Å². The van der Waals surface area contributed by atoms with Crippen LogP contribution in [0.5, 0.6) is 0 Å². The molecule has 0 saturated heterocycles. The van der Waals surface area contributed by atoms with Crippen molar-refractivity contribution in [2.75, 3.05) is 6.67 Å². The van der Waals surface area contributed by atoms with E-state index in [-0.39, 0.29) is 18.7 Å². The van der Waals surface area contributed by atoms with Crippen molar-refractivity contribution in [2.24, 2.45) is 46.2 Å². The molecule has 170 valence electrons. The fourth-order valence-electron chi connectivity index (χ4n) is 8.67. The molecule has 4 N–H and O–H groups in total. The SMILES string of the molecule is CC12CCC3C(C(O)CC4CCCCC43C)C1CCC2CCC/C=C/C(=O)NCN. The number of hydrogen-bond acceptors (Lipinski definition) is 3. The van der Waals surface area contributed by atoms with E-state index in [0.29, 0.717) is 22.7 Å². The molecule has 0 radical (unpaired) electrons. The first-order valence-corrected chi connectivity index (χ1v) is 12.7. The van der Waals surface area contributed by atoms with Crippen LogP contribution >= 0.6 is 0 Å². The van der Waals surface area contributed by atoms with Crippen molar-refractivity contribution < 1.29 is 9.90 Å². The van der Waals surface area contributed by atoms with Crippen molar-refractivity contribution in [3.05, 3.63) is 12.2 Å². The van der Waals surface area contributed by atoms with Gasteiger partial charge in [-0.2, -0.15) is 0 Å². The van der Waals surface area contributed by atoms with Crippen LogP contribution in [-0.4, -0.2) is 23.8 Å². The number of carbonyl (C=O) groups excluding carboxylic acids is 1. The molecule has 1 amide bonds. The zero-order valence-electron chi connectivity index (χ0n) is 19.2. The Morgan fingerprint density at radius 3 is 2.70 bits per heavy atom. The van der Waals surface area contributed by atoms with Gasteiger partial charge in [-0.3, -0.25) is 4.79 Å². The van der Waals surface area contributed by atoms with Gasteiger partial charge in [0.1, 0.15) is 0 Å². The summed E-state index contributed by atoms with van der Waals surface area (Å²) in [6.07, 6.45) is 18.8. The molecule has 4 aliphatic rings. The van der Waals surface area contributed by atoms with E-state index in [0.717, 1.165) is 37.0 Å². The Labute approximate surface area is 183 Å². The van der Waals surface area contributed by atoms with Gasteiger partial charge in [0, 0.05) is 0 Å². The largest absolute Gasteiger partial charge is 0.393 e. The summed E-state index contributed by atoms with van der Waals surface area (Å²) in [5.74, 6) is 3.43. The lowest BCUT2D eigenvalue weighted by Gasteiger charge is -2.62. The van der Waals surface area contributed by atoms with Crippen molar-refractivity contribution in [3.8, 4) is 0 Å². The first kappa shape index (κ1) is 22.3. The third-order valence-electron chi connectivity index (χ3n) is 10.3. The number of unbranched alkanes of at least 4 members (excludes halogenated alkanes) is 1. The summed E-state index contributed by atoms with van der Waals surface area (Å²) in [4.78, 5) is 11.5. The van der Waals surface area contributed by atoms with Crippen molar-refractivity contribution in [2.45, 2.75) is 97.0 Å². The maximum absolute atomic E-state index is 11.5. The maximum atomic E-state index is 11.5. The number of carbonyl (C=O) groups is 1. The fourth-order valence-corrected chi connectivity index (χ4v) is 8.67. The number of rotatable bonds is 6. The second-order valence-electron chi connectivity index (χ2n) is 11.4. The number of aliphatic hydroxyl groups is 1. The normalized spacial score (nSPS) is 45.6. The van der Waals surface area contributed by atoms with E-state index in [1.54, 1.807) is 6.08 Å². The molecule has 4 heteroatoms. The molecule has 4 aliphatic carbocycles. The second-order valence-corrected chi connectivity index (χ2v) is 11.4. The van der Waals surface area contributed by atoms with Crippen LogP contribution in [-0.2, 0) is 4.79 Å². The summed E-state index contributed by atoms with van der Waals surface area (Å²) in [5, 5.41) is 13.9. The smallest absolute Gasteiger partial charge is 0.244 e. The fraction of sp³-hybridized carbons (Fsp3) is 0.885. The third-order valence-corrected chi connectivity index (χ3v) is 10.3. The van der Waals surface area contributed by atoms with E-state index in [9.17, 15) is 9.90 Å². The van der Waals surface area contributed by atoms with Crippen LogP contribution in [0.2, 0.25) is 0 Å². The van der Waals surface area contributed by atoms with Crippen LogP contribution in [0.15, 0.2) is 12.2 Å². The minimum absolute atomic E-state index is 0.0708. The third kappa shape index (κ3) is 3.88. The molecule has 0 aromatic rings. The summed E-state index contributed by atoms with van der Waals surface area (Å²) in [7, 11) is 0. The lowest BCUT2D eigenvalue weighted by Crippen LogP contribution is -2.57. The lowest BCUT2D eigenvalue weighted by molar-refractivity contribution is -0.162. The number of nitrogens with two attached hydrogens (primary N) is 1. The Morgan fingerprint density at radius 2 is 1.90 bits per heavy atom. The molecular formula is C26H44N2O2. The summed E-state index contributed by atoms with van der Waals surface area (Å²) in [5.41, 5.74) is 6.22. The predicted octanol–water partition coefficient (Wildman–Crippen LogP) is 4.77. The van der Waals surface area contributed by atoms with E-state index in [1.807, 2.05) is 6.08 Å². The molecule has 0 heterocycles. The average Bonchev–Trinajstić information content (AvgIpc) is 3.05. The number of aliphatic hydroxyl groups excluding tert-OH is 1. The molecule has 4 fully saturated rings. The number of hydrogen-bond donors (Lipinski definition) is 3. The monoisotopic (exact) mass is 416 g/mol. The molecule has 8 atom stereocenters. The first-order chi connectivity index (χ1) is 14.4. The molecule has 4 nitrogen and oxygen atoms in total. The van der Waals surface area contributed by atoms with Gasteiger partial charge < -0.3 is 16.2 Å². The van der Waals surface area contributed by atoms with E-state index < -0.39 is 0 Å². The van der Waals surface area contributed by atoms with E-state index in [1.165, 1.54) is 57.8 Å². The highest BCUT2D eigenvalue weighted by atomic mass is 16.3. The highest BCUT2D eigenvalue weighted by Gasteiger charge is 2.61. The van der Waals surface area contributed by atoms with Gasteiger partial charge in [-0.1, -0.05) is 32.8 Å². The Balaban J connectivity index is 1.39. The van der Waals surface area contributed by atoms with Crippen molar-refractivity contribution in [1.82, 2.24) is 5.32 Å². The van der Waals surface area contributed by atoms with E-state index in [4.69, 9.17) is 5.73 Å². The Bertz CT molecular complexity index is 649. The van der Waals surface area contributed by atoms with Gasteiger partial charge in [0.05, 0.1) is 12.8 Å². The molecule has 0 aromatic heterocycles. The molecule has 4 rings (SSSR count). The predicted molar refractivity (Wildman–Crippen MR) is 121 cm³/mol. The quantitative estimate of drug-likeness (QED) is 0.332. The minimum atomic E-state index is -0.0930. The Kier molecular flexibility index (Phi) is 6.65. The summed E-state index contributed by atoms with van der Waals surface area (Å²) in [6.45, 7) is 5.33. The lowest BCUT2D eigenvalue weighted by atomic mass is 9.44. The molecule has 8 unspecified atom stereocenters. The topological polar surface area (TPSA) is 75.3 Å². The summed E-state index contributed by atoms with van der Waals surface area (Å²) < 4.78 is 0. The number of fused-ring (bicyclic) bond motifs is 5. The van der Waals surface area contributed by atoms with Gasteiger partial charge in [0.25, 0.3) is 0 Å². The van der Waals surface area contributed by atoms with E-state index >= 15 is 0 Å². The van der Waals surface area contributed by atoms with Gasteiger partial charge in [-0.05, 0) is 111 Å². The van der Waals surface area contributed by atoms with Gasteiger partial charge in [0.2, 0.25) is 5.91 Å². The molecule has 0 aromatic carbocycles. The number of nitrogens with one attached hydrogen (secondary N) is 1. The van der Waals surface area contributed by atoms with Gasteiger partial charge >= 0.3 is 0 Å². The van der Waals surface area contributed by atoms with Crippen LogP contribution in [0.25, 0.3) is 0 Å². The minimum Gasteiger partial charge on any atom is -0.393 e. The molecule has 30 heavy (non-hydrogen) atoms. The molecule has 0 bridgehead atoms. The summed E-state index contributed by atoms with van der Waals surface area (Å²) >= 11 is 0. The van der Waals surface area contributed by atoms with Gasteiger partial charge in [-0.15, -0.1) is 0 Å². The average molecular weight is 417 g/mol. The molecule has 0 spiro atoms. The summed E-state index contributed by atoms with van der Waals surface area (Å²) in [6, 6.07) is 0. The van der Waals surface area contributed by atoms with Crippen LogP contribution in [0, 0.1) is 40.4 Å². The zero-order chi connectivity index (χ0) is 21.4. The number of allylic oxidation sites excluding steroid dienone is 1. The molecular weight excluding hydrogens is 372 g/mol. The highest BCUT2D eigenvalue weighted by Crippen LogP contribution is 2.67. The number of amides is 1. The molecule has 4 saturated carbocycles. The zero-order valence-corrected chi connectivity index (χ0v) is 19.2. The molecule has 0 aliphatic heterocycles. The second kappa shape index (κ2) is 8.94. The van der Waals surface area contributed by atoms with Crippen molar-refractivity contribution in [3.63, 3.8) is 0 Å². The van der Waals surface area contributed by atoms with Gasteiger partial charge in [0.15, 0.2) is 0 Å². The Morgan fingerprint density at radius 1 is 1.10 bits per heavy atom. The van der Waals surface area contributed by atoms with Crippen LogP contribution in [0.3, 0.4) is 0 Å².